The van der Waals surface area contributed by atoms with Gasteiger partial charge in [-0.15, -0.1) is 22.7 Å². The van der Waals surface area contributed by atoms with Crippen molar-refractivity contribution >= 4 is 64.4 Å². The van der Waals surface area contributed by atoms with Gasteiger partial charge in [0.1, 0.15) is 0 Å². The first-order chi connectivity index (χ1) is 18.7. The molecule has 0 nitrogen and oxygen atoms in total. The fourth-order valence-corrected chi connectivity index (χ4v) is 7.98. The zero-order valence-electron chi connectivity index (χ0n) is 22.8. The van der Waals surface area contributed by atoms with Crippen LogP contribution in [0.5, 0.6) is 0 Å². The van der Waals surface area contributed by atoms with Crippen molar-refractivity contribution in [3.63, 3.8) is 0 Å². The van der Waals surface area contributed by atoms with Gasteiger partial charge in [0.05, 0.1) is 0 Å². The van der Waals surface area contributed by atoms with Gasteiger partial charge in [-0.05, 0) is 101 Å². The predicted octanol–water partition coefficient (Wildman–Crippen LogP) is 12.3. The molecule has 6 rings (SSSR count). The third kappa shape index (κ3) is 5.40. The van der Waals surface area contributed by atoms with E-state index in [4.69, 9.17) is 0 Å². The summed E-state index contributed by atoms with van der Waals surface area (Å²) in [6, 6.07) is 28.5. The molecule has 0 radical (unpaired) electrons. The van der Waals surface area contributed by atoms with Gasteiger partial charge in [-0.2, -0.15) is 0 Å². The average Bonchev–Trinajstić information content (AvgIpc) is 3.55. The van der Waals surface area contributed by atoms with Crippen molar-refractivity contribution in [2.75, 3.05) is 0 Å². The van der Waals surface area contributed by atoms with Gasteiger partial charge in [-0.25, -0.2) is 0 Å². The first-order valence-electron chi connectivity index (χ1n) is 14.6. The Kier molecular flexibility index (Phi) is 7.81. The van der Waals surface area contributed by atoms with Gasteiger partial charge in [0.15, 0.2) is 0 Å². The van der Waals surface area contributed by atoms with Gasteiger partial charge in [0.2, 0.25) is 0 Å². The third-order valence-corrected chi connectivity index (χ3v) is 10.3. The lowest BCUT2D eigenvalue weighted by Gasteiger charge is -2.05. The lowest BCUT2D eigenvalue weighted by Crippen LogP contribution is -1.86. The summed E-state index contributed by atoms with van der Waals surface area (Å²) in [6.45, 7) is 4.56. The highest BCUT2D eigenvalue weighted by atomic mass is 32.1. The molecule has 0 aliphatic heterocycles. The summed E-state index contributed by atoms with van der Waals surface area (Å²) in [4.78, 5) is 2.91. The van der Waals surface area contributed by atoms with E-state index in [9.17, 15) is 0 Å². The van der Waals surface area contributed by atoms with Crippen LogP contribution in [0.4, 0.5) is 0 Å². The molecule has 0 fully saturated rings. The van der Waals surface area contributed by atoms with Crippen molar-refractivity contribution in [2.45, 2.75) is 78.1 Å². The topological polar surface area (TPSA) is 0 Å². The van der Waals surface area contributed by atoms with Gasteiger partial charge < -0.3 is 0 Å². The van der Waals surface area contributed by atoms with Crippen LogP contribution < -0.4 is 0 Å². The van der Waals surface area contributed by atoms with E-state index >= 15 is 0 Å². The van der Waals surface area contributed by atoms with Crippen molar-refractivity contribution in [3.05, 3.63) is 83.2 Å². The first kappa shape index (κ1) is 25.6. The van der Waals surface area contributed by atoms with E-state index in [0.717, 1.165) is 0 Å². The van der Waals surface area contributed by atoms with E-state index in [1.165, 1.54) is 127 Å². The largest absolute Gasteiger partial charge is 0.140 e. The minimum Gasteiger partial charge on any atom is -0.140 e. The third-order valence-electron chi connectivity index (χ3n) is 7.99. The standard InChI is InChI=1S/C36H38S2/c1-3-5-7-9-11-25-13-14-27-23-35-33(22-29(27)19-25)32-21-26-15-16-28(20-30(26)24-36(32)38-35)34-18-17-31(37-34)12-10-8-6-4-2/h13-24H,3-12H2,1-2H3. The van der Waals surface area contributed by atoms with Gasteiger partial charge in [-0.3, -0.25) is 0 Å². The Balaban J connectivity index is 1.30. The summed E-state index contributed by atoms with van der Waals surface area (Å²) < 4.78 is 2.78. The second-order valence-corrected chi connectivity index (χ2v) is 13.2. The van der Waals surface area contributed by atoms with E-state index in [1.54, 1.807) is 0 Å². The SMILES string of the molecule is CCCCCCc1ccc2cc3sc4cc5cc(-c6ccc(CCCCCC)s6)ccc5cc4c3cc2c1. The van der Waals surface area contributed by atoms with E-state index in [0.29, 0.717) is 0 Å². The molecule has 38 heavy (non-hydrogen) atoms. The van der Waals surface area contributed by atoms with Crippen LogP contribution in [0.25, 0.3) is 52.2 Å². The maximum absolute atomic E-state index is 2.44. The van der Waals surface area contributed by atoms with Crippen LogP contribution in [-0.4, -0.2) is 0 Å². The Labute approximate surface area is 235 Å². The van der Waals surface area contributed by atoms with Crippen molar-refractivity contribution in [1.29, 1.82) is 0 Å². The lowest BCUT2D eigenvalue weighted by atomic mass is 9.99. The Morgan fingerprint density at radius 3 is 1.95 bits per heavy atom. The number of rotatable bonds is 11. The highest BCUT2D eigenvalue weighted by Gasteiger charge is 2.11. The van der Waals surface area contributed by atoms with Crippen LogP contribution in [0.1, 0.15) is 75.7 Å². The van der Waals surface area contributed by atoms with Gasteiger partial charge in [0.25, 0.3) is 0 Å². The Morgan fingerprint density at radius 2 is 1.16 bits per heavy atom. The average molecular weight is 535 g/mol. The molecule has 0 saturated heterocycles. The van der Waals surface area contributed by atoms with Gasteiger partial charge in [0, 0.05) is 29.9 Å². The molecule has 2 heterocycles. The molecule has 0 aliphatic rings. The summed E-state index contributed by atoms with van der Waals surface area (Å²) >= 11 is 3.91. The van der Waals surface area contributed by atoms with Crippen LogP contribution >= 0.6 is 22.7 Å². The molecule has 0 atom stereocenters. The van der Waals surface area contributed by atoms with Crippen LogP contribution in [0, 0.1) is 0 Å². The summed E-state index contributed by atoms with van der Waals surface area (Å²) in [5.41, 5.74) is 2.82. The zero-order valence-corrected chi connectivity index (χ0v) is 24.4. The Morgan fingerprint density at radius 1 is 0.500 bits per heavy atom. The molecule has 0 saturated carbocycles. The van der Waals surface area contributed by atoms with E-state index in [1.807, 2.05) is 22.7 Å². The summed E-state index contributed by atoms with van der Waals surface area (Å²) in [5, 5.41) is 8.21. The number of hydrogen-bond acceptors (Lipinski definition) is 2. The van der Waals surface area contributed by atoms with Crippen molar-refractivity contribution in [3.8, 4) is 10.4 Å². The maximum atomic E-state index is 2.44. The molecule has 0 bridgehead atoms. The highest BCUT2D eigenvalue weighted by Crippen LogP contribution is 2.40. The monoisotopic (exact) mass is 534 g/mol. The second-order valence-electron chi connectivity index (χ2n) is 10.9. The van der Waals surface area contributed by atoms with Gasteiger partial charge in [-0.1, -0.05) is 82.7 Å². The molecule has 0 aliphatic carbocycles. The van der Waals surface area contributed by atoms with Crippen molar-refractivity contribution in [2.24, 2.45) is 0 Å². The zero-order chi connectivity index (χ0) is 25.9. The molecule has 194 valence electrons. The maximum Gasteiger partial charge on any atom is 0.0361 e. The van der Waals surface area contributed by atoms with Crippen molar-refractivity contribution in [1.82, 2.24) is 0 Å². The summed E-state index contributed by atoms with van der Waals surface area (Å²) in [6.07, 6.45) is 13.0. The van der Waals surface area contributed by atoms with E-state index in [-0.39, 0.29) is 0 Å². The van der Waals surface area contributed by atoms with Crippen LogP contribution in [0.3, 0.4) is 0 Å². The minimum absolute atomic E-state index is 1.19. The smallest absolute Gasteiger partial charge is 0.0361 e. The molecule has 0 spiro atoms. The highest BCUT2D eigenvalue weighted by molar-refractivity contribution is 7.26. The molecule has 4 aromatic carbocycles. The molecule has 0 N–H and O–H groups in total. The molecule has 6 aromatic rings. The summed E-state index contributed by atoms with van der Waals surface area (Å²) in [5.74, 6) is 0. The predicted molar refractivity (Wildman–Crippen MR) is 173 cm³/mol. The fourth-order valence-electron chi connectivity index (χ4n) is 5.77. The molecule has 0 unspecified atom stereocenters. The van der Waals surface area contributed by atoms with Crippen LogP contribution in [0.2, 0.25) is 0 Å². The van der Waals surface area contributed by atoms with Crippen LogP contribution in [0.15, 0.2) is 72.8 Å². The minimum atomic E-state index is 1.19. The molecule has 2 aromatic heterocycles. The molecular weight excluding hydrogens is 497 g/mol. The number of benzene rings is 4. The number of thiophene rings is 2. The quantitative estimate of drug-likeness (QED) is 0.145. The van der Waals surface area contributed by atoms with Gasteiger partial charge >= 0.3 is 0 Å². The van der Waals surface area contributed by atoms with Crippen LogP contribution in [-0.2, 0) is 12.8 Å². The van der Waals surface area contributed by atoms with Crippen molar-refractivity contribution < 1.29 is 0 Å². The molecular formula is C36H38S2. The number of aryl methyl sites for hydroxylation is 2. The Hall–Kier alpha value is -2.68. The summed E-state index contributed by atoms with van der Waals surface area (Å²) in [7, 11) is 0. The van der Waals surface area contributed by atoms with E-state index < -0.39 is 0 Å². The molecule has 2 heteroatoms. The lowest BCUT2D eigenvalue weighted by molar-refractivity contribution is 0.667. The number of hydrogen-bond donors (Lipinski definition) is 0. The molecule has 0 amide bonds. The van der Waals surface area contributed by atoms with E-state index in [2.05, 4.69) is 86.6 Å². The normalized spacial score (nSPS) is 11.9. The second kappa shape index (κ2) is 11.6. The fraction of sp³-hybridized carbons (Fsp3) is 0.333. The first-order valence-corrected chi connectivity index (χ1v) is 16.3. The Bertz CT molecular complexity index is 1700. The number of unbranched alkanes of at least 4 members (excludes halogenated alkanes) is 6. The number of fused-ring (bicyclic) bond motifs is 5.